The summed E-state index contributed by atoms with van der Waals surface area (Å²) in [4.78, 5) is 12.3. The SMILES string of the molecule is COc1ccc2oc(C(=O)NCCOc3ccc(C(F)(F)F)cc3)c(C)c2c1. The van der Waals surface area contributed by atoms with E-state index in [1.807, 2.05) is 0 Å². The predicted octanol–water partition coefficient (Wildman–Crippen LogP) is 4.58. The van der Waals surface area contributed by atoms with Gasteiger partial charge in [-0.25, -0.2) is 0 Å². The van der Waals surface area contributed by atoms with E-state index in [-0.39, 0.29) is 24.7 Å². The number of methoxy groups -OCH3 is 1. The third-order valence-electron chi connectivity index (χ3n) is 4.19. The van der Waals surface area contributed by atoms with Crippen molar-refractivity contribution >= 4 is 16.9 Å². The van der Waals surface area contributed by atoms with Crippen molar-refractivity contribution in [1.82, 2.24) is 5.32 Å². The van der Waals surface area contributed by atoms with Crippen LogP contribution < -0.4 is 14.8 Å². The Morgan fingerprint density at radius 1 is 1.11 bits per heavy atom. The maximum atomic E-state index is 12.5. The van der Waals surface area contributed by atoms with Crippen molar-refractivity contribution in [3.8, 4) is 11.5 Å². The zero-order valence-electron chi connectivity index (χ0n) is 15.2. The van der Waals surface area contributed by atoms with E-state index >= 15 is 0 Å². The molecule has 0 saturated carbocycles. The minimum Gasteiger partial charge on any atom is -0.497 e. The summed E-state index contributed by atoms with van der Waals surface area (Å²) >= 11 is 0. The second kappa shape index (κ2) is 7.84. The molecule has 1 N–H and O–H groups in total. The molecule has 5 nitrogen and oxygen atoms in total. The number of furan rings is 1. The number of aryl methyl sites for hydroxylation is 1. The van der Waals surface area contributed by atoms with Gasteiger partial charge in [0.25, 0.3) is 5.91 Å². The zero-order valence-corrected chi connectivity index (χ0v) is 15.2. The van der Waals surface area contributed by atoms with Gasteiger partial charge in [-0.1, -0.05) is 0 Å². The number of nitrogens with one attached hydrogen (secondary N) is 1. The van der Waals surface area contributed by atoms with E-state index in [1.54, 1.807) is 32.2 Å². The molecule has 0 atom stereocenters. The summed E-state index contributed by atoms with van der Waals surface area (Å²) in [6, 6.07) is 9.62. The molecule has 0 aliphatic carbocycles. The fraction of sp³-hybridized carbons (Fsp3) is 0.250. The van der Waals surface area contributed by atoms with E-state index in [9.17, 15) is 18.0 Å². The first-order chi connectivity index (χ1) is 13.3. The molecule has 0 aliphatic heterocycles. The van der Waals surface area contributed by atoms with E-state index in [0.29, 0.717) is 16.9 Å². The van der Waals surface area contributed by atoms with Crippen LogP contribution in [0.1, 0.15) is 21.7 Å². The van der Waals surface area contributed by atoms with E-state index in [0.717, 1.165) is 17.5 Å². The predicted molar refractivity (Wildman–Crippen MR) is 96.8 cm³/mol. The summed E-state index contributed by atoms with van der Waals surface area (Å²) in [5.74, 6) is 0.740. The summed E-state index contributed by atoms with van der Waals surface area (Å²) in [5, 5.41) is 3.45. The van der Waals surface area contributed by atoms with Crippen molar-refractivity contribution in [1.29, 1.82) is 0 Å². The summed E-state index contributed by atoms with van der Waals surface area (Å²) in [6.07, 6.45) is -4.39. The minimum absolute atomic E-state index is 0.101. The smallest absolute Gasteiger partial charge is 0.416 e. The van der Waals surface area contributed by atoms with E-state index in [2.05, 4.69) is 5.32 Å². The number of hydrogen-bond donors (Lipinski definition) is 1. The highest BCUT2D eigenvalue weighted by Gasteiger charge is 2.30. The molecule has 28 heavy (non-hydrogen) atoms. The van der Waals surface area contributed by atoms with Crippen molar-refractivity contribution < 1.29 is 31.9 Å². The van der Waals surface area contributed by atoms with Crippen molar-refractivity contribution in [2.24, 2.45) is 0 Å². The number of fused-ring (bicyclic) bond motifs is 1. The number of rotatable bonds is 6. The summed E-state index contributed by atoms with van der Waals surface area (Å²) in [5.41, 5.74) is 0.518. The van der Waals surface area contributed by atoms with Crippen LogP contribution in [0.15, 0.2) is 46.9 Å². The van der Waals surface area contributed by atoms with Gasteiger partial charge in [-0.2, -0.15) is 13.2 Å². The van der Waals surface area contributed by atoms with Crippen LogP contribution in [0.3, 0.4) is 0 Å². The summed E-state index contributed by atoms with van der Waals surface area (Å²) < 4.78 is 53.7. The Morgan fingerprint density at radius 3 is 2.43 bits per heavy atom. The fourth-order valence-electron chi connectivity index (χ4n) is 2.70. The molecule has 0 fully saturated rings. The van der Waals surface area contributed by atoms with Gasteiger partial charge in [-0.15, -0.1) is 0 Å². The standard InChI is InChI=1S/C20H18F3NO4/c1-12-16-11-15(26-2)7-8-17(16)28-18(12)19(25)24-9-10-27-14-5-3-13(4-6-14)20(21,22)23/h3-8,11H,9-10H2,1-2H3,(H,24,25). The number of hydrogen-bond acceptors (Lipinski definition) is 4. The van der Waals surface area contributed by atoms with Crippen LogP contribution in [0, 0.1) is 6.92 Å². The van der Waals surface area contributed by atoms with Crippen molar-refractivity contribution in [3.05, 3.63) is 59.4 Å². The Kier molecular flexibility index (Phi) is 5.48. The van der Waals surface area contributed by atoms with E-state index in [1.165, 1.54) is 12.1 Å². The highest BCUT2D eigenvalue weighted by atomic mass is 19.4. The highest BCUT2D eigenvalue weighted by Crippen LogP contribution is 2.30. The number of carbonyl (C=O) groups is 1. The lowest BCUT2D eigenvalue weighted by Gasteiger charge is -2.09. The second-order valence-corrected chi connectivity index (χ2v) is 6.04. The van der Waals surface area contributed by atoms with Crippen LogP contribution in [0.5, 0.6) is 11.5 Å². The van der Waals surface area contributed by atoms with Crippen LogP contribution in [0.4, 0.5) is 13.2 Å². The van der Waals surface area contributed by atoms with Crippen LogP contribution in [-0.4, -0.2) is 26.2 Å². The molecule has 0 aliphatic rings. The highest BCUT2D eigenvalue weighted by molar-refractivity contribution is 5.99. The summed E-state index contributed by atoms with van der Waals surface area (Å²) in [6.45, 7) is 2.04. The molecule has 1 heterocycles. The van der Waals surface area contributed by atoms with Gasteiger partial charge in [-0.3, -0.25) is 4.79 Å². The average Bonchev–Trinajstić information content (AvgIpc) is 3.01. The normalized spacial score (nSPS) is 11.5. The van der Waals surface area contributed by atoms with Gasteiger partial charge in [0, 0.05) is 10.9 Å². The average molecular weight is 393 g/mol. The fourth-order valence-corrected chi connectivity index (χ4v) is 2.70. The number of halogens is 3. The Hall–Kier alpha value is -3.16. The number of amides is 1. The van der Waals surface area contributed by atoms with E-state index in [4.69, 9.17) is 13.9 Å². The number of alkyl halides is 3. The maximum Gasteiger partial charge on any atom is 0.416 e. The second-order valence-electron chi connectivity index (χ2n) is 6.04. The van der Waals surface area contributed by atoms with Crippen LogP contribution >= 0.6 is 0 Å². The molecule has 3 rings (SSSR count). The summed E-state index contributed by atoms with van der Waals surface area (Å²) in [7, 11) is 1.56. The lowest BCUT2D eigenvalue weighted by Crippen LogP contribution is -2.28. The molecule has 1 amide bonds. The van der Waals surface area contributed by atoms with Crippen LogP contribution in [-0.2, 0) is 6.18 Å². The molecule has 0 saturated heterocycles. The van der Waals surface area contributed by atoms with E-state index < -0.39 is 17.6 Å². The van der Waals surface area contributed by atoms with Crippen molar-refractivity contribution in [2.45, 2.75) is 13.1 Å². The third kappa shape index (κ3) is 4.21. The Bertz CT molecular complexity index is 978. The first-order valence-electron chi connectivity index (χ1n) is 8.45. The quantitative estimate of drug-likeness (QED) is 0.623. The molecule has 0 bridgehead atoms. The Balaban J connectivity index is 1.56. The number of carbonyl (C=O) groups excluding carboxylic acids is 1. The molecule has 148 valence electrons. The monoisotopic (exact) mass is 393 g/mol. The van der Waals surface area contributed by atoms with Crippen molar-refractivity contribution in [3.63, 3.8) is 0 Å². The van der Waals surface area contributed by atoms with Gasteiger partial charge in [0.2, 0.25) is 0 Å². The minimum atomic E-state index is -4.39. The molecule has 2 aromatic carbocycles. The molecule has 8 heteroatoms. The van der Waals surface area contributed by atoms with Crippen molar-refractivity contribution in [2.75, 3.05) is 20.3 Å². The number of benzene rings is 2. The lowest BCUT2D eigenvalue weighted by atomic mass is 10.1. The van der Waals surface area contributed by atoms with Gasteiger partial charge in [0.15, 0.2) is 5.76 Å². The molecular weight excluding hydrogens is 375 g/mol. The first kappa shape index (κ1) is 19.6. The van der Waals surface area contributed by atoms with Gasteiger partial charge in [0.05, 0.1) is 19.2 Å². The van der Waals surface area contributed by atoms with Gasteiger partial charge >= 0.3 is 6.18 Å². The first-order valence-corrected chi connectivity index (χ1v) is 8.45. The molecular formula is C20H18F3NO4. The van der Waals surface area contributed by atoms with Gasteiger partial charge in [-0.05, 0) is 49.4 Å². The topological polar surface area (TPSA) is 60.7 Å². The Morgan fingerprint density at radius 2 is 1.79 bits per heavy atom. The molecule has 1 aromatic heterocycles. The van der Waals surface area contributed by atoms with Gasteiger partial charge in [0.1, 0.15) is 23.7 Å². The largest absolute Gasteiger partial charge is 0.497 e. The lowest BCUT2D eigenvalue weighted by molar-refractivity contribution is -0.137. The molecule has 0 radical (unpaired) electrons. The third-order valence-corrected chi connectivity index (χ3v) is 4.19. The molecule has 0 spiro atoms. The maximum absolute atomic E-state index is 12.5. The molecule has 0 unspecified atom stereocenters. The zero-order chi connectivity index (χ0) is 20.3. The Labute approximate surface area is 159 Å². The van der Waals surface area contributed by atoms with Crippen LogP contribution in [0.2, 0.25) is 0 Å². The van der Waals surface area contributed by atoms with Gasteiger partial charge < -0.3 is 19.2 Å². The molecule has 3 aromatic rings. The van der Waals surface area contributed by atoms with Crippen LogP contribution in [0.25, 0.3) is 11.0 Å². The number of ether oxygens (including phenoxy) is 2.